The van der Waals surface area contributed by atoms with Gasteiger partial charge in [-0.25, -0.2) is 0 Å². The maximum Gasteiger partial charge on any atom is 0.253 e. The molecule has 0 spiro atoms. The van der Waals surface area contributed by atoms with Crippen LogP contribution in [0.3, 0.4) is 0 Å². The number of ether oxygens (including phenoxy) is 1. The summed E-state index contributed by atoms with van der Waals surface area (Å²) in [6.07, 6.45) is 2.24. The van der Waals surface area contributed by atoms with Gasteiger partial charge in [0.1, 0.15) is 0 Å². The Bertz CT molecular complexity index is 835. The first kappa shape index (κ1) is 16.7. The molecular weight excluding hydrogens is 332 g/mol. The van der Waals surface area contributed by atoms with Crippen LogP contribution in [0.4, 0.5) is 0 Å². The molecule has 7 heteroatoms. The summed E-state index contributed by atoms with van der Waals surface area (Å²) in [5.74, 6) is 1.87. The van der Waals surface area contributed by atoms with E-state index in [0.29, 0.717) is 42.6 Å². The van der Waals surface area contributed by atoms with Gasteiger partial charge in [0.05, 0.1) is 24.2 Å². The number of hydrogen-bond acceptors (Lipinski definition) is 6. The summed E-state index contributed by atoms with van der Waals surface area (Å²) in [7, 11) is 1.66. The Hall–Kier alpha value is -2.72. The van der Waals surface area contributed by atoms with Crippen molar-refractivity contribution >= 4 is 5.91 Å². The summed E-state index contributed by atoms with van der Waals surface area (Å²) >= 11 is 0. The molecule has 1 aromatic carbocycles. The summed E-state index contributed by atoms with van der Waals surface area (Å²) in [5.41, 5.74) is 1.11. The zero-order valence-corrected chi connectivity index (χ0v) is 14.6. The largest absolute Gasteiger partial charge is 0.384 e. The molecule has 1 amide bonds. The second-order valence-corrected chi connectivity index (χ2v) is 6.99. The summed E-state index contributed by atoms with van der Waals surface area (Å²) in [4.78, 5) is 19.2. The van der Waals surface area contributed by atoms with Crippen molar-refractivity contribution in [2.24, 2.45) is 5.92 Å². The van der Waals surface area contributed by atoms with E-state index in [1.807, 2.05) is 0 Å². The molecule has 1 saturated carbocycles. The number of aromatic nitrogens is 2. The number of carbonyl (C=O) groups is 1. The van der Waals surface area contributed by atoms with Gasteiger partial charge in [-0.2, -0.15) is 10.2 Å². The molecule has 2 aromatic rings. The topological polar surface area (TPSA) is 92.2 Å². The van der Waals surface area contributed by atoms with Crippen molar-refractivity contribution in [3.8, 4) is 6.07 Å². The van der Waals surface area contributed by atoms with Gasteiger partial charge in [0.25, 0.3) is 5.91 Å². The van der Waals surface area contributed by atoms with Gasteiger partial charge < -0.3 is 14.2 Å². The highest BCUT2D eigenvalue weighted by Gasteiger charge is 2.40. The van der Waals surface area contributed by atoms with Gasteiger partial charge in [-0.3, -0.25) is 4.79 Å². The quantitative estimate of drug-likeness (QED) is 0.820. The number of benzene rings is 1. The molecule has 1 aliphatic carbocycles. The van der Waals surface area contributed by atoms with Crippen molar-refractivity contribution in [1.29, 1.82) is 5.26 Å². The lowest BCUT2D eigenvalue weighted by atomic mass is 9.97. The van der Waals surface area contributed by atoms with Crippen molar-refractivity contribution in [1.82, 2.24) is 15.0 Å². The molecule has 2 atom stereocenters. The van der Waals surface area contributed by atoms with Crippen molar-refractivity contribution in [3.63, 3.8) is 0 Å². The van der Waals surface area contributed by atoms with Gasteiger partial charge in [0.2, 0.25) is 5.89 Å². The normalized spacial score (nSPS) is 22.4. The molecule has 1 aliphatic heterocycles. The number of carbonyl (C=O) groups excluding carboxylic acids is 1. The van der Waals surface area contributed by atoms with Crippen molar-refractivity contribution in [2.75, 3.05) is 26.8 Å². The van der Waals surface area contributed by atoms with E-state index in [1.54, 1.807) is 36.3 Å². The molecular formula is C19H20N4O3. The van der Waals surface area contributed by atoms with E-state index in [4.69, 9.17) is 14.5 Å². The van der Waals surface area contributed by atoms with E-state index in [1.165, 1.54) is 0 Å². The summed E-state index contributed by atoms with van der Waals surface area (Å²) in [6.45, 7) is 1.64. The molecule has 0 N–H and O–H groups in total. The molecule has 134 valence electrons. The molecule has 4 rings (SSSR count). The Morgan fingerprint density at radius 2 is 2.12 bits per heavy atom. The lowest BCUT2D eigenvalue weighted by Crippen LogP contribution is -2.29. The first-order chi connectivity index (χ1) is 12.7. The molecule has 7 nitrogen and oxygen atoms in total. The fourth-order valence-electron chi connectivity index (χ4n) is 3.47. The van der Waals surface area contributed by atoms with E-state index < -0.39 is 0 Å². The zero-order valence-electron chi connectivity index (χ0n) is 14.6. The number of hydrogen-bond donors (Lipinski definition) is 0. The van der Waals surface area contributed by atoms with Crippen molar-refractivity contribution < 1.29 is 14.1 Å². The van der Waals surface area contributed by atoms with Crippen LogP contribution in [0.5, 0.6) is 0 Å². The van der Waals surface area contributed by atoms with E-state index in [9.17, 15) is 4.79 Å². The fourth-order valence-corrected chi connectivity index (χ4v) is 3.47. The molecule has 26 heavy (non-hydrogen) atoms. The second-order valence-electron chi connectivity index (χ2n) is 6.99. The monoisotopic (exact) mass is 352 g/mol. The minimum atomic E-state index is -0.0555. The van der Waals surface area contributed by atoms with Crippen molar-refractivity contribution in [2.45, 2.75) is 24.7 Å². The number of nitriles is 1. The highest BCUT2D eigenvalue weighted by Crippen LogP contribution is 2.40. The van der Waals surface area contributed by atoms with Gasteiger partial charge >= 0.3 is 0 Å². The van der Waals surface area contributed by atoms with E-state index >= 15 is 0 Å². The SMILES string of the molecule is COC[C@@H]1CN(C(=O)c2ccc(C#N)cc2)C[C@H]1c1nc(C2CC2)no1. The Balaban J connectivity index is 1.52. The molecule has 0 bridgehead atoms. The minimum Gasteiger partial charge on any atom is -0.384 e. The average molecular weight is 352 g/mol. The summed E-state index contributed by atoms with van der Waals surface area (Å²) in [6, 6.07) is 8.77. The minimum absolute atomic E-state index is 0.0164. The lowest BCUT2D eigenvalue weighted by molar-refractivity contribution is 0.0775. The Morgan fingerprint density at radius 3 is 2.77 bits per heavy atom. The van der Waals surface area contributed by atoms with Crippen LogP contribution in [0.2, 0.25) is 0 Å². The highest BCUT2D eigenvalue weighted by atomic mass is 16.5. The van der Waals surface area contributed by atoms with E-state index in [0.717, 1.165) is 18.7 Å². The van der Waals surface area contributed by atoms with Crippen LogP contribution in [-0.2, 0) is 4.74 Å². The number of rotatable bonds is 5. The first-order valence-corrected chi connectivity index (χ1v) is 8.81. The van der Waals surface area contributed by atoms with Gasteiger partial charge in [-0.05, 0) is 37.1 Å². The number of amides is 1. The molecule has 2 fully saturated rings. The molecule has 2 aliphatic rings. The number of nitrogens with zero attached hydrogens (tertiary/aromatic N) is 4. The maximum absolute atomic E-state index is 12.8. The van der Waals surface area contributed by atoms with Crippen LogP contribution in [-0.4, -0.2) is 47.8 Å². The Morgan fingerprint density at radius 1 is 1.35 bits per heavy atom. The van der Waals surface area contributed by atoms with Crippen LogP contribution in [0.25, 0.3) is 0 Å². The van der Waals surface area contributed by atoms with Gasteiger partial charge in [0, 0.05) is 37.6 Å². The standard InChI is InChI=1S/C19H20N4O3/c1-25-11-15-9-23(19(24)14-4-2-12(8-20)3-5-14)10-16(15)18-21-17(22-26-18)13-6-7-13/h2-5,13,15-16H,6-7,9-11H2,1H3/t15-,16+/m0/s1. The smallest absolute Gasteiger partial charge is 0.253 e. The zero-order chi connectivity index (χ0) is 18.1. The fraction of sp³-hybridized carbons (Fsp3) is 0.474. The van der Waals surface area contributed by atoms with Gasteiger partial charge in [-0.15, -0.1) is 0 Å². The molecule has 0 radical (unpaired) electrons. The predicted molar refractivity (Wildman–Crippen MR) is 91.4 cm³/mol. The third-order valence-corrected chi connectivity index (χ3v) is 5.09. The molecule has 2 heterocycles. The second kappa shape index (κ2) is 6.89. The van der Waals surface area contributed by atoms with Gasteiger partial charge in [0.15, 0.2) is 5.82 Å². The van der Waals surface area contributed by atoms with Crippen LogP contribution < -0.4 is 0 Å². The van der Waals surface area contributed by atoms with E-state index in [2.05, 4.69) is 16.2 Å². The number of methoxy groups -OCH3 is 1. The molecule has 0 unspecified atom stereocenters. The molecule has 1 aromatic heterocycles. The Labute approximate surface area is 151 Å². The predicted octanol–water partition coefficient (Wildman–Crippen LogP) is 2.32. The average Bonchev–Trinajstić information content (AvgIpc) is 3.25. The van der Waals surface area contributed by atoms with Crippen LogP contribution in [0.1, 0.15) is 52.3 Å². The molecule has 1 saturated heterocycles. The highest BCUT2D eigenvalue weighted by molar-refractivity contribution is 5.94. The third-order valence-electron chi connectivity index (χ3n) is 5.09. The first-order valence-electron chi connectivity index (χ1n) is 8.81. The summed E-state index contributed by atoms with van der Waals surface area (Å²) < 4.78 is 10.8. The van der Waals surface area contributed by atoms with Crippen LogP contribution >= 0.6 is 0 Å². The van der Waals surface area contributed by atoms with E-state index in [-0.39, 0.29) is 17.7 Å². The summed E-state index contributed by atoms with van der Waals surface area (Å²) in [5, 5.41) is 13.0. The van der Waals surface area contributed by atoms with Gasteiger partial charge in [-0.1, -0.05) is 5.16 Å². The maximum atomic E-state index is 12.8. The third kappa shape index (κ3) is 3.20. The van der Waals surface area contributed by atoms with Crippen molar-refractivity contribution in [3.05, 3.63) is 47.1 Å². The lowest BCUT2D eigenvalue weighted by Gasteiger charge is -2.16. The number of likely N-dealkylation sites (tertiary alicyclic amines) is 1. The van der Waals surface area contributed by atoms with Crippen LogP contribution in [0.15, 0.2) is 28.8 Å². The van der Waals surface area contributed by atoms with Crippen LogP contribution in [0, 0.1) is 17.2 Å². The Kier molecular flexibility index (Phi) is 4.43.